The van der Waals surface area contributed by atoms with Crippen LogP contribution in [0.25, 0.3) is 0 Å². The first-order valence-electron chi connectivity index (χ1n) is 6.30. The summed E-state index contributed by atoms with van der Waals surface area (Å²) < 4.78 is 11.5. The van der Waals surface area contributed by atoms with Crippen molar-refractivity contribution in [2.75, 3.05) is 26.2 Å². The van der Waals surface area contributed by atoms with Crippen molar-refractivity contribution in [2.45, 2.75) is 51.0 Å². The lowest BCUT2D eigenvalue weighted by atomic mass is 9.88. The highest BCUT2D eigenvalue weighted by Gasteiger charge is 2.47. The Kier molecular flexibility index (Phi) is 3.54. The van der Waals surface area contributed by atoms with Crippen molar-refractivity contribution in [2.24, 2.45) is 5.73 Å². The Morgan fingerprint density at radius 1 is 1.25 bits per heavy atom. The van der Waals surface area contributed by atoms with Crippen molar-refractivity contribution in [3.8, 4) is 0 Å². The number of nitrogens with zero attached hydrogens (tertiary/aromatic N) is 1. The molecule has 4 heteroatoms. The molecule has 0 aliphatic carbocycles. The van der Waals surface area contributed by atoms with Gasteiger partial charge in [0.1, 0.15) is 0 Å². The quantitative estimate of drug-likeness (QED) is 0.752. The van der Waals surface area contributed by atoms with E-state index in [1.165, 1.54) is 0 Å². The third-order valence-electron chi connectivity index (χ3n) is 4.06. The van der Waals surface area contributed by atoms with Crippen LogP contribution in [-0.2, 0) is 9.47 Å². The maximum absolute atomic E-state index is 6.02. The van der Waals surface area contributed by atoms with Crippen molar-refractivity contribution in [1.82, 2.24) is 4.90 Å². The number of hydrogen-bond acceptors (Lipinski definition) is 4. The Labute approximate surface area is 98.1 Å². The number of hydrogen-bond donors (Lipinski definition) is 1. The molecule has 0 aromatic carbocycles. The molecule has 16 heavy (non-hydrogen) atoms. The number of nitrogens with two attached hydrogens (primary N) is 1. The van der Waals surface area contributed by atoms with Crippen LogP contribution >= 0.6 is 0 Å². The molecule has 2 aliphatic heterocycles. The van der Waals surface area contributed by atoms with Gasteiger partial charge in [-0.2, -0.15) is 0 Å². The predicted molar refractivity (Wildman–Crippen MR) is 63.4 cm³/mol. The summed E-state index contributed by atoms with van der Waals surface area (Å²) in [6, 6.07) is 0. The Morgan fingerprint density at radius 3 is 2.31 bits per heavy atom. The second-order valence-corrected chi connectivity index (χ2v) is 5.23. The average Bonchev–Trinajstić information content (AvgIpc) is 2.59. The first-order valence-corrected chi connectivity index (χ1v) is 6.30. The van der Waals surface area contributed by atoms with Gasteiger partial charge in [0.25, 0.3) is 0 Å². The standard InChI is InChI=1S/C12H24N2O2/c1-9-6-14(7-10(2)16-9)12(8-13)4-5-15-11(12)3/h9-11H,4-8,13H2,1-3H3. The fourth-order valence-corrected chi connectivity index (χ4v) is 3.12. The summed E-state index contributed by atoms with van der Waals surface area (Å²) in [7, 11) is 0. The van der Waals surface area contributed by atoms with E-state index < -0.39 is 0 Å². The molecule has 4 atom stereocenters. The molecule has 94 valence electrons. The van der Waals surface area contributed by atoms with Crippen LogP contribution in [0, 0.1) is 0 Å². The molecule has 2 N–H and O–H groups in total. The van der Waals surface area contributed by atoms with E-state index in [-0.39, 0.29) is 11.6 Å². The molecule has 4 unspecified atom stereocenters. The van der Waals surface area contributed by atoms with Gasteiger partial charge in [-0.25, -0.2) is 0 Å². The van der Waals surface area contributed by atoms with Crippen LogP contribution in [0.1, 0.15) is 27.2 Å². The van der Waals surface area contributed by atoms with E-state index in [0.717, 1.165) is 26.1 Å². The molecule has 2 rings (SSSR count). The lowest BCUT2D eigenvalue weighted by Crippen LogP contribution is -2.63. The van der Waals surface area contributed by atoms with Crippen molar-refractivity contribution < 1.29 is 9.47 Å². The fraction of sp³-hybridized carbons (Fsp3) is 1.00. The van der Waals surface area contributed by atoms with E-state index in [9.17, 15) is 0 Å². The van der Waals surface area contributed by atoms with Crippen molar-refractivity contribution in [3.63, 3.8) is 0 Å². The van der Waals surface area contributed by atoms with Crippen LogP contribution in [-0.4, -0.2) is 55.0 Å². The summed E-state index contributed by atoms with van der Waals surface area (Å²) in [5.74, 6) is 0. The van der Waals surface area contributed by atoms with Gasteiger partial charge in [0.2, 0.25) is 0 Å². The molecule has 0 saturated carbocycles. The largest absolute Gasteiger partial charge is 0.376 e. The van der Waals surface area contributed by atoms with E-state index in [1.54, 1.807) is 0 Å². The molecule has 2 fully saturated rings. The minimum Gasteiger partial charge on any atom is -0.376 e. The van der Waals surface area contributed by atoms with Crippen LogP contribution in [0.2, 0.25) is 0 Å². The van der Waals surface area contributed by atoms with Crippen LogP contribution in [0.5, 0.6) is 0 Å². The van der Waals surface area contributed by atoms with Crippen LogP contribution in [0.4, 0.5) is 0 Å². The molecular formula is C12H24N2O2. The highest BCUT2D eigenvalue weighted by atomic mass is 16.5. The van der Waals surface area contributed by atoms with E-state index in [2.05, 4.69) is 25.7 Å². The van der Waals surface area contributed by atoms with Gasteiger partial charge in [0.15, 0.2) is 0 Å². The Bertz CT molecular complexity index is 239. The van der Waals surface area contributed by atoms with Gasteiger partial charge in [-0.3, -0.25) is 4.90 Å². The second-order valence-electron chi connectivity index (χ2n) is 5.23. The summed E-state index contributed by atoms with van der Waals surface area (Å²) in [6.45, 7) is 9.85. The Hall–Kier alpha value is -0.160. The summed E-state index contributed by atoms with van der Waals surface area (Å²) in [4.78, 5) is 2.49. The zero-order chi connectivity index (χ0) is 11.8. The minimum atomic E-state index is 0.0340. The van der Waals surface area contributed by atoms with E-state index in [4.69, 9.17) is 15.2 Å². The van der Waals surface area contributed by atoms with Crippen molar-refractivity contribution in [3.05, 3.63) is 0 Å². The molecule has 2 saturated heterocycles. The van der Waals surface area contributed by atoms with Crippen molar-refractivity contribution >= 4 is 0 Å². The maximum Gasteiger partial charge on any atom is 0.0743 e. The number of ether oxygens (including phenoxy) is 2. The van der Waals surface area contributed by atoms with E-state index >= 15 is 0 Å². The molecule has 4 nitrogen and oxygen atoms in total. The third-order valence-corrected chi connectivity index (χ3v) is 4.06. The summed E-state index contributed by atoms with van der Waals surface area (Å²) >= 11 is 0. The number of morpholine rings is 1. The lowest BCUT2D eigenvalue weighted by molar-refractivity contribution is -0.111. The monoisotopic (exact) mass is 228 g/mol. The van der Waals surface area contributed by atoms with Crippen LogP contribution in [0.15, 0.2) is 0 Å². The van der Waals surface area contributed by atoms with Crippen LogP contribution in [0.3, 0.4) is 0 Å². The molecule has 0 aromatic heterocycles. The molecule has 0 aromatic rings. The Morgan fingerprint density at radius 2 is 1.88 bits per heavy atom. The summed E-state index contributed by atoms with van der Waals surface area (Å²) in [5.41, 5.74) is 6.05. The summed E-state index contributed by atoms with van der Waals surface area (Å²) in [6.07, 6.45) is 1.86. The van der Waals surface area contributed by atoms with Gasteiger partial charge in [-0.1, -0.05) is 0 Å². The molecule has 2 heterocycles. The van der Waals surface area contributed by atoms with Gasteiger partial charge in [-0.15, -0.1) is 0 Å². The molecular weight excluding hydrogens is 204 g/mol. The van der Waals surface area contributed by atoms with Gasteiger partial charge < -0.3 is 15.2 Å². The van der Waals surface area contributed by atoms with Gasteiger partial charge in [0.05, 0.1) is 23.9 Å². The van der Waals surface area contributed by atoms with Crippen molar-refractivity contribution in [1.29, 1.82) is 0 Å². The smallest absolute Gasteiger partial charge is 0.0743 e. The fourth-order valence-electron chi connectivity index (χ4n) is 3.12. The molecule has 0 amide bonds. The lowest BCUT2D eigenvalue weighted by Gasteiger charge is -2.47. The van der Waals surface area contributed by atoms with Gasteiger partial charge in [-0.05, 0) is 27.2 Å². The number of rotatable bonds is 2. The average molecular weight is 228 g/mol. The third kappa shape index (κ3) is 1.99. The first-order chi connectivity index (χ1) is 7.58. The molecule has 0 radical (unpaired) electrons. The SMILES string of the molecule is CC1CN(C2(CN)CCOC2C)CC(C)O1. The molecule has 0 spiro atoms. The second kappa shape index (κ2) is 4.61. The maximum atomic E-state index is 6.02. The van der Waals surface area contributed by atoms with E-state index in [1.807, 2.05) is 0 Å². The topological polar surface area (TPSA) is 47.7 Å². The highest BCUT2D eigenvalue weighted by molar-refractivity contribution is 5.02. The highest BCUT2D eigenvalue weighted by Crippen LogP contribution is 2.33. The molecule has 0 bridgehead atoms. The zero-order valence-corrected chi connectivity index (χ0v) is 10.6. The Balaban J connectivity index is 2.14. The van der Waals surface area contributed by atoms with Gasteiger partial charge in [0, 0.05) is 26.2 Å². The van der Waals surface area contributed by atoms with Crippen LogP contribution < -0.4 is 5.73 Å². The normalized spacial score (nSPS) is 46.1. The van der Waals surface area contributed by atoms with E-state index in [0.29, 0.717) is 18.8 Å². The zero-order valence-electron chi connectivity index (χ0n) is 10.6. The molecule has 2 aliphatic rings. The van der Waals surface area contributed by atoms with Gasteiger partial charge >= 0.3 is 0 Å². The minimum absolute atomic E-state index is 0.0340. The summed E-state index contributed by atoms with van der Waals surface area (Å²) in [5, 5.41) is 0. The first kappa shape index (κ1) is 12.3. The predicted octanol–water partition coefficient (Wildman–Crippen LogP) is 0.602.